The topological polar surface area (TPSA) is 68.3 Å². The quantitative estimate of drug-likeness (QED) is 0.686. The van der Waals surface area contributed by atoms with E-state index >= 15 is 0 Å². The van der Waals surface area contributed by atoms with Gasteiger partial charge in [-0.15, -0.1) is 0 Å². The van der Waals surface area contributed by atoms with E-state index in [1.807, 2.05) is 0 Å². The fraction of sp³-hybridized carbons (Fsp3) is 0.111. The van der Waals surface area contributed by atoms with Crippen molar-refractivity contribution in [3.8, 4) is 11.5 Å². The molecular weight excluding hydrogens is 342 g/mol. The van der Waals surface area contributed by atoms with Crippen molar-refractivity contribution in [3.63, 3.8) is 0 Å². The van der Waals surface area contributed by atoms with Crippen LogP contribution < -0.4 is 20.1 Å². The van der Waals surface area contributed by atoms with E-state index in [9.17, 15) is 8.78 Å². The summed E-state index contributed by atoms with van der Waals surface area (Å²) in [5.74, 6) is 0.0893. The summed E-state index contributed by atoms with van der Waals surface area (Å²) in [6.07, 6.45) is 1.53. The van der Waals surface area contributed by atoms with Crippen molar-refractivity contribution in [2.24, 2.45) is 0 Å². The molecule has 0 saturated heterocycles. The molecule has 1 heterocycles. The highest BCUT2D eigenvalue weighted by Crippen LogP contribution is 2.30. The molecule has 0 aliphatic heterocycles. The first-order chi connectivity index (χ1) is 12.6. The number of nitrogens with zero attached hydrogens (tertiary/aromatic N) is 2. The molecule has 26 heavy (non-hydrogen) atoms. The summed E-state index contributed by atoms with van der Waals surface area (Å²) in [6, 6.07) is 10.4. The fourth-order valence-corrected chi connectivity index (χ4v) is 2.24. The first kappa shape index (κ1) is 17.4. The van der Waals surface area contributed by atoms with Crippen LogP contribution >= 0.6 is 0 Å². The molecule has 134 valence electrons. The second-order valence-electron chi connectivity index (χ2n) is 5.21. The predicted octanol–water partition coefficient (Wildman–Crippen LogP) is 4.26. The van der Waals surface area contributed by atoms with Gasteiger partial charge in [-0.05, 0) is 30.3 Å². The van der Waals surface area contributed by atoms with Crippen LogP contribution in [0.5, 0.6) is 11.5 Å². The molecule has 0 aliphatic rings. The summed E-state index contributed by atoms with van der Waals surface area (Å²) in [5, 5.41) is 5.94. The number of hydrogen-bond donors (Lipinski definition) is 2. The van der Waals surface area contributed by atoms with Crippen LogP contribution in [-0.2, 0) is 0 Å². The zero-order valence-electron chi connectivity index (χ0n) is 14.1. The molecular formula is C18H16F2N4O2. The number of halogens is 2. The normalized spacial score (nSPS) is 10.3. The molecule has 0 spiro atoms. The van der Waals surface area contributed by atoms with E-state index in [1.165, 1.54) is 12.3 Å². The van der Waals surface area contributed by atoms with Gasteiger partial charge in [0, 0.05) is 24.0 Å². The van der Waals surface area contributed by atoms with E-state index in [0.717, 1.165) is 12.1 Å². The van der Waals surface area contributed by atoms with Crippen LogP contribution in [0.4, 0.5) is 31.9 Å². The first-order valence-corrected chi connectivity index (χ1v) is 7.63. The van der Waals surface area contributed by atoms with Crippen LogP contribution in [0.15, 0.2) is 48.7 Å². The Labute approximate surface area is 148 Å². The van der Waals surface area contributed by atoms with Crippen molar-refractivity contribution >= 4 is 23.1 Å². The molecule has 0 unspecified atom stereocenters. The fourth-order valence-electron chi connectivity index (χ4n) is 2.24. The van der Waals surface area contributed by atoms with Crippen molar-refractivity contribution in [2.75, 3.05) is 24.9 Å². The van der Waals surface area contributed by atoms with Gasteiger partial charge < -0.3 is 20.1 Å². The smallest absolute Gasteiger partial charge is 0.229 e. The molecule has 8 heteroatoms. The minimum Gasteiger partial charge on any atom is -0.497 e. The molecule has 2 aromatic carbocycles. The molecule has 0 bridgehead atoms. The standard InChI is InChI=1S/C18H16F2N4O2/c1-25-12-4-6-16(26-2)15(10-12)23-18-21-8-7-17(24-18)22-11-3-5-13(19)14(20)9-11/h3-10H,1-2H3,(H2,21,22,23,24). The van der Waals surface area contributed by atoms with E-state index in [0.29, 0.717) is 34.6 Å². The van der Waals surface area contributed by atoms with Crippen LogP contribution in [-0.4, -0.2) is 24.2 Å². The van der Waals surface area contributed by atoms with Gasteiger partial charge in [0.1, 0.15) is 17.3 Å². The Morgan fingerprint density at radius 3 is 2.46 bits per heavy atom. The average molecular weight is 358 g/mol. The van der Waals surface area contributed by atoms with Crippen molar-refractivity contribution in [3.05, 3.63) is 60.3 Å². The highest BCUT2D eigenvalue weighted by atomic mass is 19.2. The third-order valence-electron chi connectivity index (χ3n) is 3.50. The summed E-state index contributed by atoms with van der Waals surface area (Å²) in [7, 11) is 3.11. The van der Waals surface area contributed by atoms with Crippen molar-refractivity contribution in [1.82, 2.24) is 9.97 Å². The Morgan fingerprint density at radius 1 is 0.885 bits per heavy atom. The number of methoxy groups -OCH3 is 2. The molecule has 1 aromatic heterocycles. The average Bonchev–Trinajstić information content (AvgIpc) is 2.65. The summed E-state index contributed by atoms with van der Waals surface area (Å²) >= 11 is 0. The second kappa shape index (κ2) is 7.64. The first-order valence-electron chi connectivity index (χ1n) is 7.63. The molecule has 3 aromatic rings. The molecule has 0 fully saturated rings. The zero-order chi connectivity index (χ0) is 18.5. The summed E-state index contributed by atoms with van der Waals surface area (Å²) < 4.78 is 36.8. The number of aromatic nitrogens is 2. The molecule has 0 aliphatic carbocycles. The minimum absolute atomic E-state index is 0.295. The third kappa shape index (κ3) is 3.97. The van der Waals surface area contributed by atoms with E-state index in [4.69, 9.17) is 9.47 Å². The Balaban J connectivity index is 1.82. The number of hydrogen-bond acceptors (Lipinski definition) is 6. The van der Waals surface area contributed by atoms with Crippen molar-refractivity contribution in [1.29, 1.82) is 0 Å². The van der Waals surface area contributed by atoms with E-state index < -0.39 is 11.6 Å². The molecule has 0 radical (unpaired) electrons. The maximum atomic E-state index is 13.3. The lowest BCUT2D eigenvalue weighted by Gasteiger charge is -2.12. The Kier molecular flexibility index (Phi) is 5.12. The Morgan fingerprint density at radius 2 is 1.73 bits per heavy atom. The lowest BCUT2D eigenvalue weighted by atomic mass is 10.2. The number of rotatable bonds is 6. The minimum atomic E-state index is -0.941. The summed E-state index contributed by atoms with van der Waals surface area (Å²) in [4.78, 5) is 8.45. The van der Waals surface area contributed by atoms with Crippen LogP contribution in [0.3, 0.4) is 0 Å². The number of benzene rings is 2. The van der Waals surface area contributed by atoms with Gasteiger partial charge in [0.25, 0.3) is 0 Å². The Hall–Kier alpha value is -3.42. The number of ether oxygens (including phenoxy) is 2. The lowest BCUT2D eigenvalue weighted by molar-refractivity contribution is 0.405. The van der Waals surface area contributed by atoms with Gasteiger partial charge in [0.2, 0.25) is 5.95 Å². The van der Waals surface area contributed by atoms with E-state index in [-0.39, 0.29) is 0 Å². The predicted molar refractivity (Wildman–Crippen MR) is 94.5 cm³/mol. The van der Waals surface area contributed by atoms with E-state index in [1.54, 1.807) is 38.5 Å². The van der Waals surface area contributed by atoms with Gasteiger partial charge in [-0.2, -0.15) is 4.98 Å². The van der Waals surface area contributed by atoms with Crippen LogP contribution in [0, 0.1) is 11.6 Å². The van der Waals surface area contributed by atoms with Crippen LogP contribution in [0.2, 0.25) is 0 Å². The molecule has 3 rings (SSSR count). The Bertz CT molecular complexity index is 921. The third-order valence-corrected chi connectivity index (χ3v) is 3.50. The molecule has 2 N–H and O–H groups in total. The van der Waals surface area contributed by atoms with Crippen molar-refractivity contribution < 1.29 is 18.3 Å². The van der Waals surface area contributed by atoms with Gasteiger partial charge in [-0.3, -0.25) is 0 Å². The summed E-state index contributed by atoms with van der Waals surface area (Å²) in [6.45, 7) is 0. The monoisotopic (exact) mass is 358 g/mol. The molecule has 6 nitrogen and oxygen atoms in total. The van der Waals surface area contributed by atoms with Gasteiger partial charge in [-0.25, -0.2) is 13.8 Å². The number of nitrogens with one attached hydrogen (secondary N) is 2. The molecule has 0 amide bonds. The largest absolute Gasteiger partial charge is 0.497 e. The number of anilines is 4. The lowest BCUT2D eigenvalue weighted by Crippen LogP contribution is -2.02. The maximum Gasteiger partial charge on any atom is 0.229 e. The van der Waals surface area contributed by atoms with Crippen LogP contribution in [0.25, 0.3) is 0 Å². The SMILES string of the molecule is COc1ccc(OC)c(Nc2nccc(Nc3ccc(F)c(F)c3)n2)c1. The van der Waals surface area contributed by atoms with E-state index in [2.05, 4.69) is 20.6 Å². The second-order valence-corrected chi connectivity index (χ2v) is 5.21. The van der Waals surface area contributed by atoms with Crippen LogP contribution in [0.1, 0.15) is 0 Å². The van der Waals surface area contributed by atoms with Crippen molar-refractivity contribution in [2.45, 2.75) is 0 Å². The molecule has 0 atom stereocenters. The molecule has 0 saturated carbocycles. The highest BCUT2D eigenvalue weighted by Gasteiger charge is 2.08. The highest BCUT2D eigenvalue weighted by molar-refractivity contribution is 5.66. The zero-order valence-corrected chi connectivity index (χ0v) is 14.1. The summed E-state index contributed by atoms with van der Waals surface area (Å²) in [5.41, 5.74) is 0.990. The van der Waals surface area contributed by atoms with Gasteiger partial charge in [-0.1, -0.05) is 0 Å². The maximum absolute atomic E-state index is 13.3. The van der Waals surface area contributed by atoms with Gasteiger partial charge >= 0.3 is 0 Å². The van der Waals surface area contributed by atoms with Gasteiger partial charge in [0.15, 0.2) is 11.6 Å². The van der Waals surface area contributed by atoms with Gasteiger partial charge in [0.05, 0.1) is 19.9 Å².